The fraction of sp³-hybridized carbons (Fsp3) is 0.857. The molecule has 1 atom stereocenters. The first kappa shape index (κ1) is 9.27. The van der Waals surface area contributed by atoms with E-state index in [0.29, 0.717) is 5.92 Å². The van der Waals surface area contributed by atoms with Gasteiger partial charge in [0.25, 0.3) is 0 Å². The van der Waals surface area contributed by atoms with Crippen molar-refractivity contribution in [3.8, 4) is 0 Å². The Morgan fingerprint density at radius 3 is 1.90 bits per heavy atom. The first-order chi connectivity index (χ1) is 4.46. The van der Waals surface area contributed by atoms with E-state index in [2.05, 4.69) is 13.8 Å². The lowest BCUT2D eigenvalue weighted by Gasteiger charge is -2.25. The number of primary amides is 1. The Bertz CT molecular complexity index is 123. The molecule has 60 valence electrons. The van der Waals surface area contributed by atoms with E-state index in [0.717, 1.165) is 0 Å². The second kappa shape index (κ2) is 3.44. The number of carbonyl (C=O) groups is 1. The molecule has 2 N–H and O–H groups in total. The van der Waals surface area contributed by atoms with Crippen LogP contribution in [0.2, 0.25) is 0 Å². The van der Waals surface area contributed by atoms with Crippen LogP contribution in [0.4, 0.5) is 4.79 Å². The lowest BCUT2D eigenvalue weighted by Crippen LogP contribution is -2.41. The molecule has 0 saturated carbocycles. The highest BCUT2D eigenvalue weighted by Gasteiger charge is 2.14. The van der Waals surface area contributed by atoms with Crippen molar-refractivity contribution in [2.24, 2.45) is 11.7 Å². The molecule has 0 aromatic heterocycles. The number of hydrogen-bond donors (Lipinski definition) is 1. The van der Waals surface area contributed by atoms with E-state index in [1.165, 1.54) is 0 Å². The van der Waals surface area contributed by atoms with E-state index in [1.807, 2.05) is 6.92 Å². The molecule has 0 saturated heterocycles. The van der Waals surface area contributed by atoms with Gasteiger partial charge in [0, 0.05) is 13.1 Å². The molecule has 0 rings (SSSR count). The average Bonchev–Trinajstić information content (AvgIpc) is 1.84. The zero-order valence-corrected chi connectivity index (χ0v) is 7.09. The molecule has 0 bridgehead atoms. The van der Waals surface area contributed by atoms with Gasteiger partial charge in [-0.05, 0) is 12.8 Å². The second-order valence-electron chi connectivity index (χ2n) is 2.93. The molecule has 0 radical (unpaired) electrons. The van der Waals surface area contributed by atoms with Gasteiger partial charge in [0.15, 0.2) is 0 Å². The molecular formula is C7H16N2O. The molecule has 0 heterocycles. The molecule has 1 unspecified atom stereocenters. The van der Waals surface area contributed by atoms with Gasteiger partial charge in [-0.2, -0.15) is 0 Å². The summed E-state index contributed by atoms with van der Waals surface area (Å²) in [5.74, 6) is 0.456. The Morgan fingerprint density at radius 2 is 1.80 bits per heavy atom. The number of amides is 2. The molecule has 10 heavy (non-hydrogen) atoms. The number of rotatable bonds is 2. The van der Waals surface area contributed by atoms with Crippen LogP contribution in [-0.4, -0.2) is 24.0 Å². The Labute approximate surface area is 62.2 Å². The van der Waals surface area contributed by atoms with Crippen LogP contribution < -0.4 is 5.73 Å². The molecule has 0 aromatic carbocycles. The molecular weight excluding hydrogens is 128 g/mol. The highest BCUT2D eigenvalue weighted by molar-refractivity contribution is 5.71. The van der Waals surface area contributed by atoms with Crippen molar-refractivity contribution < 1.29 is 4.79 Å². The van der Waals surface area contributed by atoms with Gasteiger partial charge in [0.05, 0.1) is 0 Å². The Morgan fingerprint density at radius 1 is 1.40 bits per heavy atom. The maximum Gasteiger partial charge on any atom is 0.314 e. The molecule has 0 fully saturated rings. The van der Waals surface area contributed by atoms with Crippen molar-refractivity contribution in [1.29, 1.82) is 0 Å². The molecule has 3 heteroatoms. The number of carbonyl (C=O) groups excluding carboxylic acids is 1. The minimum absolute atomic E-state index is 0.220. The predicted molar refractivity (Wildman–Crippen MR) is 41.6 cm³/mol. The largest absolute Gasteiger partial charge is 0.351 e. The van der Waals surface area contributed by atoms with Crippen molar-refractivity contribution in [2.45, 2.75) is 26.8 Å². The fourth-order valence-corrected chi connectivity index (χ4v) is 0.648. The van der Waals surface area contributed by atoms with Gasteiger partial charge in [-0.25, -0.2) is 4.79 Å². The molecule has 0 aliphatic rings. The summed E-state index contributed by atoms with van der Waals surface area (Å²) < 4.78 is 0. The van der Waals surface area contributed by atoms with Crippen molar-refractivity contribution >= 4 is 6.03 Å². The quantitative estimate of drug-likeness (QED) is 0.618. The van der Waals surface area contributed by atoms with Crippen LogP contribution in [0.3, 0.4) is 0 Å². The van der Waals surface area contributed by atoms with Crippen LogP contribution in [0.15, 0.2) is 0 Å². The summed E-state index contributed by atoms with van der Waals surface area (Å²) in [6.45, 7) is 6.10. The van der Waals surface area contributed by atoms with Gasteiger partial charge in [-0.1, -0.05) is 13.8 Å². The normalized spacial score (nSPS) is 13.3. The first-order valence-corrected chi connectivity index (χ1v) is 3.49. The molecule has 0 spiro atoms. The SMILES string of the molecule is CC(C)C(C)N(C)C(N)=O. The van der Waals surface area contributed by atoms with Crippen LogP contribution >= 0.6 is 0 Å². The third-order valence-corrected chi connectivity index (χ3v) is 1.92. The standard InChI is InChI=1S/C7H16N2O/c1-5(2)6(3)9(4)7(8)10/h5-6H,1-4H3,(H2,8,10). The number of hydrogen-bond acceptors (Lipinski definition) is 1. The van der Waals surface area contributed by atoms with Gasteiger partial charge in [0.1, 0.15) is 0 Å². The fourth-order valence-electron chi connectivity index (χ4n) is 0.648. The number of nitrogens with zero attached hydrogens (tertiary/aromatic N) is 1. The van der Waals surface area contributed by atoms with Crippen LogP contribution in [0.1, 0.15) is 20.8 Å². The summed E-state index contributed by atoms with van der Waals surface area (Å²) in [4.78, 5) is 12.1. The summed E-state index contributed by atoms with van der Waals surface area (Å²) >= 11 is 0. The second-order valence-corrected chi connectivity index (χ2v) is 2.93. The monoisotopic (exact) mass is 144 g/mol. The van der Waals surface area contributed by atoms with Crippen molar-refractivity contribution in [3.05, 3.63) is 0 Å². The van der Waals surface area contributed by atoms with Crippen molar-refractivity contribution in [3.63, 3.8) is 0 Å². The minimum atomic E-state index is -0.360. The summed E-state index contributed by atoms with van der Waals surface area (Å²) in [6, 6.07) is -0.140. The highest BCUT2D eigenvalue weighted by atomic mass is 16.2. The van der Waals surface area contributed by atoms with Gasteiger partial charge in [-0.15, -0.1) is 0 Å². The predicted octanol–water partition coefficient (Wildman–Crippen LogP) is 1.04. The summed E-state index contributed by atoms with van der Waals surface area (Å²) in [5.41, 5.74) is 5.06. The Kier molecular flexibility index (Phi) is 3.19. The Balaban J connectivity index is 3.94. The lowest BCUT2D eigenvalue weighted by atomic mass is 10.1. The van der Waals surface area contributed by atoms with Gasteiger partial charge in [0.2, 0.25) is 0 Å². The van der Waals surface area contributed by atoms with E-state index < -0.39 is 0 Å². The minimum Gasteiger partial charge on any atom is -0.351 e. The van der Waals surface area contributed by atoms with E-state index in [9.17, 15) is 4.79 Å². The van der Waals surface area contributed by atoms with E-state index in [-0.39, 0.29) is 12.1 Å². The zero-order chi connectivity index (χ0) is 8.31. The van der Waals surface area contributed by atoms with Gasteiger partial charge >= 0.3 is 6.03 Å². The number of urea groups is 1. The summed E-state index contributed by atoms with van der Waals surface area (Å²) in [6.07, 6.45) is 0. The average molecular weight is 144 g/mol. The van der Waals surface area contributed by atoms with Gasteiger partial charge in [-0.3, -0.25) is 0 Å². The maximum atomic E-state index is 10.6. The molecule has 0 aromatic rings. The van der Waals surface area contributed by atoms with E-state index >= 15 is 0 Å². The molecule has 2 amide bonds. The molecule has 3 nitrogen and oxygen atoms in total. The molecule has 0 aliphatic carbocycles. The van der Waals surface area contributed by atoms with Crippen LogP contribution in [0.5, 0.6) is 0 Å². The lowest BCUT2D eigenvalue weighted by molar-refractivity contribution is 0.189. The van der Waals surface area contributed by atoms with Crippen molar-refractivity contribution in [2.75, 3.05) is 7.05 Å². The smallest absolute Gasteiger partial charge is 0.314 e. The van der Waals surface area contributed by atoms with Crippen LogP contribution in [0, 0.1) is 5.92 Å². The van der Waals surface area contributed by atoms with Crippen molar-refractivity contribution in [1.82, 2.24) is 4.90 Å². The number of nitrogens with two attached hydrogens (primary N) is 1. The van der Waals surface area contributed by atoms with E-state index in [1.54, 1.807) is 11.9 Å². The zero-order valence-electron chi connectivity index (χ0n) is 7.09. The summed E-state index contributed by atoms with van der Waals surface area (Å²) in [7, 11) is 1.72. The molecule has 0 aliphatic heterocycles. The van der Waals surface area contributed by atoms with Gasteiger partial charge < -0.3 is 10.6 Å². The topological polar surface area (TPSA) is 46.3 Å². The third-order valence-electron chi connectivity index (χ3n) is 1.92. The Hall–Kier alpha value is -0.730. The summed E-state index contributed by atoms with van der Waals surface area (Å²) in [5, 5.41) is 0. The van der Waals surface area contributed by atoms with E-state index in [4.69, 9.17) is 5.73 Å². The maximum absolute atomic E-state index is 10.6. The first-order valence-electron chi connectivity index (χ1n) is 3.49. The van der Waals surface area contributed by atoms with Crippen LogP contribution in [-0.2, 0) is 0 Å². The third kappa shape index (κ3) is 2.25. The van der Waals surface area contributed by atoms with Crippen LogP contribution in [0.25, 0.3) is 0 Å². The highest BCUT2D eigenvalue weighted by Crippen LogP contribution is 2.06.